The molecule has 0 aliphatic carbocycles. The summed E-state index contributed by atoms with van der Waals surface area (Å²) in [5, 5.41) is 3.60. The maximum absolute atomic E-state index is 12.0. The Kier molecular flexibility index (Phi) is 6.65. The molecule has 2 aromatic carbocycles. The van der Waals surface area contributed by atoms with E-state index in [9.17, 15) is 4.79 Å². The molecule has 3 aromatic rings. The van der Waals surface area contributed by atoms with Gasteiger partial charge >= 0.3 is 6.03 Å². The zero-order valence-corrected chi connectivity index (χ0v) is 19.2. The lowest BCUT2D eigenvalue weighted by Crippen LogP contribution is -2.40. The molecular formula is C25H33N5O2. The van der Waals surface area contributed by atoms with Gasteiger partial charge in [-0.2, -0.15) is 0 Å². The molecule has 32 heavy (non-hydrogen) atoms. The van der Waals surface area contributed by atoms with E-state index in [1.165, 1.54) is 18.4 Å². The van der Waals surface area contributed by atoms with Crippen LogP contribution in [0.2, 0.25) is 0 Å². The van der Waals surface area contributed by atoms with Gasteiger partial charge in [0.1, 0.15) is 11.6 Å². The van der Waals surface area contributed by atoms with Crippen molar-refractivity contribution in [3.8, 4) is 5.75 Å². The lowest BCUT2D eigenvalue weighted by molar-refractivity contribution is 0.252. The number of nitrogens with two attached hydrogens (primary N) is 1. The largest absolute Gasteiger partial charge is 0.494 e. The number of anilines is 1. The van der Waals surface area contributed by atoms with Crippen molar-refractivity contribution in [1.82, 2.24) is 14.9 Å². The number of ether oxygens (including phenoxy) is 1. The molecule has 0 unspecified atom stereocenters. The zero-order chi connectivity index (χ0) is 22.7. The second-order valence-electron chi connectivity index (χ2n) is 8.66. The summed E-state index contributed by atoms with van der Waals surface area (Å²) in [5.41, 5.74) is 9.56. The van der Waals surface area contributed by atoms with Gasteiger partial charge in [-0.3, -0.25) is 4.90 Å². The summed E-state index contributed by atoms with van der Waals surface area (Å²) in [6.07, 6.45) is 3.10. The molecule has 0 bridgehead atoms. The van der Waals surface area contributed by atoms with Crippen LogP contribution in [0.15, 0.2) is 42.5 Å². The monoisotopic (exact) mass is 435 g/mol. The first kappa shape index (κ1) is 22.1. The van der Waals surface area contributed by atoms with Crippen molar-refractivity contribution in [2.75, 3.05) is 18.1 Å². The summed E-state index contributed by atoms with van der Waals surface area (Å²) in [6.45, 7) is 8.50. The molecule has 1 saturated heterocycles. The quantitative estimate of drug-likeness (QED) is 0.558. The van der Waals surface area contributed by atoms with Crippen molar-refractivity contribution in [1.29, 1.82) is 0 Å². The summed E-state index contributed by atoms with van der Waals surface area (Å²) < 4.78 is 7.90. The summed E-state index contributed by atoms with van der Waals surface area (Å²) in [5.74, 6) is 1.90. The zero-order valence-electron chi connectivity index (χ0n) is 19.2. The van der Waals surface area contributed by atoms with Crippen molar-refractivity contribution in [3.63, 3.8) is 0 Å². The first-order valence-corrected chi connectivity index (χ1v) is 11.5. The van der Waals surface area contributed by atoms with Gasteiger partial charge < -0.3 is 20.4 Å². The van der Waals surface area contributed by atoms with Crippen molar-refractivity contribution < 1.29 is 9.53 Å². The van der Waals surface area contributed by atoms with Gasteiger partial charge in [-0.1, -0.05) is 12.1 Å². The molecule has 2 heterocycles. The number of carbonyl (C=O) groups is 1. The number of nitrogens with one attached hydrogen (secondary N) is 1. The van der Waals surface area contributed by atoms with E-state index in [0.29, 0.717) is 12.6 Å². The third-order valence-electron chi connectivity index (χ3n) is 6.00. The summed E-state index contributed by atoms with van der Waals surface area (Å²) in [4.78, 5) is 18.6. The fourth-order valence-corrected chi connectivity index (χ4v) is 4.52. The minimum absolute atomic E-state index is 0.0296. The predicted octanol–water partition coefficient (Wildman–Crippen LogP) is 4.07. The van der Waals surface area contributed by atoms with Crippen LogP contribution in [0.3, 0.4) is 0 Å². The normalized spacial score (nSPS) is 16.1. The molecular weight excluding hydrogens is 402 g/mol. The van der Waals surface area contributed by atoms with Crippen molar-refractivity contribution in [3.05, 3.63) is 53.9 Å². The number of hydrogen-bond donors (Lipinski definition) is 2. The van der Waals surface area contributed by atoms with E-state index in [0.717, 1.165) is 47.8 Å². The summed E-state index contributed by atoms with van der Waals surface area (Å²) in [7, 11) is 0. The maximum Gasteiger partial charge on any atom is 0.319 e. The van der Waals surface area contributed by atoms with Crippen molar-refractivity contribution in [2.24, 2.45) is 5.73 Å². The number of aromatic nitrogens is 2. The molecule has 7 nitrogen and oxygen atoms in total. The van der Waals surface area contributed by atoms with Gasteiger partial charge in [0.05, 0.1) is 17.6 Å². The van der Waals surface area contributed by atoms with E-state index in [1.807, 2.05) is 45.0 Å². The van der Waals surface area contributed by atoms with Crippen molar-refractivity contribution in [2.45, 2.75) is 58.7 Å². The molecule has 1 aliphatic heterocycles. The average Bonchev–Trinajstić information content (AvgIpc) is 3.38. The van der Waals surface area contributed by atoms with Crippen LogP contribution in [-0.2, 0) is 13.0 Å². The third kappa shape index (κ3) is 4.72. The van der Waals surface area contributed by atoms with Crippen LogP contribution in [0, 0.1) is 0 Å². The van der Waals surface area contributed by atoms with Crippen LogP contribution in [0.5, 0.6) is 5.75 Å². The maximum atomic E-state index is 12.0. The highest BCUT2D eigenvalue weighted by Crippen LogP contribution is 2.27. The molecule has 7 heteroatoms. The van der Waals surface area contributed by atoms with E-state index in [-0.39, 0.29) is 6.04 Å². The van der Waals surface area contributed by atoms with E-state index in [2.05, 4.69) is 28.1 Å². The highest BCUT2D eigenvalue weighted by molar-refractivity contribution is 5.93. The van der Waals surface area contributed by atoms with Gasteiger partial charge in [-0.15, -0.1) is 0 Å². The molecule has 1 aromatic heterocycles. The summed E-state index contributed by atoms with van der Waals surface area (Å²) in [6, 6.07) is 14.2. The minimum atomic E-state index is -0.455. The molecule has 0 radical (unpaired) electrons. The summed E-state index contributed by atoms with van der Waals surface area (Å²) >= 11 is 0. The molecule has 170 valence electrons. The second-order valence-corrected chi connectivity index (χ2v) is 8.66. The van der Waals surface area contributed by atoms with E-state index in [4.69, 9.17) is 15.5 Å². The Balaban J connectivity index is 1.70. The number of hydrogen-bond acceptors (Lipinski definition) is 4. The van der Waals surface area contributed by atoms with Gasteiger partial charge in [-0.25, -0.2) is 9.78 Å². The Bertz CT molecular complexity index is 1070. The topological polar surface area (TPSA) is 85.4 Å². The molecule has 1 atom stereocenters. The van der Waals surface area contributed by atoms with Gasteiger partial charge in [0.25, 0.3) is 0 Å². The Morgan fingerprint density at radius 2 is 2.06 bits per heavy atom. The Hall–Kier alpha value is -3.06. The first-order chi connectivity index (χ1) is 15.5. The number of benzene rings is 2. The van der Waals surface area contributed by atoms with Crippen molar-refractivity contribution >= 4 is 22.8 Å². The highest BCUT2D eigenvalue weighted by atomic mass is 16.5. The number of nitrogens with zero attached hydrogens (tertiary/aromatic N) is 3. The predicted molar refractivity (Wildman–Crippen MR) is 128 cm³/mol. The fourth-order valence-electron chi connectivity index (χ4n) is 4.52. The van der Waals surface area contributed by atoms with Crippen LogP contribution in [-0.4, -0.2) is 40.8 Å². The number of fused-ring (bicyclic) bond motifs is 1. The molecule has 1 fully saturated rings. The standard InChI is InChI=1S/C25H33N5O2/c1-4-32-21-10-7-18(8-11-21)14-24-28-22-15-20(30(17(2)3)25(26)31)9-12-23(22)29(24)16-19-6-5-13-27-19/h7-12,15,17,19,27H,4-6,13-14,16H2,1-3H3,(H2,26,31)/t19-/m0/s1. The lowest BCUT2D eigenvalue weighted by Gasteiger charge is -2.24. The molecule has 1 aliphatic rings. The van der Waals surface area contributed by atoms with Crippen LogP contribution in [0.4, 0.5) is 10.5 Å². The number of urea groups is 1. The number of primary amides is 1. The first-order valence-electron chi connectivity index (χ1n) is 11.5. The van der Waals surface area contributed by atoms with E-state index >= 15 is 0 Å². The SMILES string of the molecule is CCOc1ccc(Cc2nc3cc(N(C(N)=O)C(C)C)ccc3n2C[C@@H]2CCCN2)cc1. The third-order valence-corrected chi connectivity index (χ3v) is 6.00. The van der Waals surface area contributed by atoms with Gasteiger partial charge in [0.2, 0.25) is 0 Å². The molecule has 0 saturated carbocycles. The van der Waals surface area contributed by atoms with Gasteiger partial charge in [0, 0.05) is 30.7 Å². The Morgan fingerprint density at radius 1 is 1.28 bits per heavy atom. The van der Waals surface area contributed by atoms with Gasteiger partial charge in [0.15, 0.2) is 0 Å². The van der Waals surface area contributed by atoms with E-state index < -0.39 is 6.03 Å². The molecule has 0 spiro atoms. The highest BCUT2D eigenvalue weighted by Gasteiger charge is 2.21. The Morgan fingerprint density at radius 3 is 2.69 bits per heavy atom. The Labute approximate surface area is 189 Å². The van der Waals surface area contributed by atoms with Crippen LogP contribution in [0.25, 0.3) is 11.0 Å². The van der Waals surface area contributed by atoms with Gasteiger partial charge in [-0.05, 0) is 76.1 Å². The van der Waals surface area contributed by atoms with Crippen LogP contribution in [0.1, 0.15) is 45.0 Å². The second kappa shape index (κ2) is 9.61. The number of amides is 2. The fraction of sp³-hybridized carbons (Fsp3) is 0.440. The average molecular weight is 436 g/mol. The number of rotatable bonds is 8. The van der Waals surface area contributed by atoms with E-state index in [1.54, 1.807) is 4.90 Å². The molecule has 2 amide bonds. The number of carbonyl (C=O) groups excluding carboxylic acids is 1. The van der Waals surface area contributed by atoms with Crippen LogP contribution < -0.4 is 20.7 Å². The molecule has 3 N–H and O–H groups in total. The minimum Gasteiger partial charge on any atom is -0.494 e. The smallest absolute Gasteiger partial charge is 0.319 e. The lowest BCUT2D eigenvalue weighted by atomic mass is 10.1. The number of imidazole rings is 1. The molecule has 4 rings (SSSR count). The van der Waals surface area contributed by atoms with Crippen LogP contribution >= 0.6 is 0 Å².